The molecule has 0 amide bonds. The van der Waals surface area contributed by atoms with Crippen molar-refractivity contribution in [2.75, 3.05) is 11.1 Å². The Labute approximate surface area is 105 Å². The number of carboxylic acid groups (broad SMARTS) is 1. The SMILES string of the molecule is CC(CC1CC1)Nc1ccc(F)c(N)c1C(=O)O. The Kier molecular flexibility index (Phi) is 3.41. The van der Waals surface area contributed by atoms with Gasteiger partial charge in [-0.3, -0.25) is 0 Å². The van der Waals surface area contributed by atoms with Crippen LogP contribution in [0.15, 0.2) is 12.1 Å². The molecule has 0 aliphatic heterocycles. The number of aromatic carboxylic acids is 1. The molecule has 1 aromatic carbocycles. The predicted molar refractivity (Wildman–Crippen MR) is 68.2 cm³/mol. The van der Waals surface area contributed by atoms with E-state index in [4.69, 9.17) is 10.8 Å². The topological polar surface area (TPSA) is 75.3 Å². The van der Waals surface area contributed by atoms with Crippen LogP contribution < -0.4 is 11.1 Å². The number of benzene rings is 1. The molecule has 4 nitrogen and oxygen atoms in total. The van der Waals surface area contributed by atoms with E-state index in [0.717, 1.165) is 12.3 Å². The summed E-state index contributed by atoms with van der Waals surface area (Å²) in [4.78, 5) is 11.1. The van der Waals surface area contributed by atoms with Gasteiger partial charge in [-0.2, -0.15) is 0 Å². The maximum atomic E-state index is 13.3. The summed E-state index contributed by atoms with van der Waals surface area (Å²) < 4.78 is 13.3. The largest absolute Gasteiger partial charge is 0.478 e. The second-order valence-electron chi connectivity index (χ2n) is 4.91. The number of nitrogen functional groups attached to an aromatic ring is 1. The number of nitrogens with one attached hydrogen (secondary N) is 1. The van der Waals surface area contributed by atoms with Crippen LogP contribution in [0.1, 0.15) is 36.5 Å². The minimum atomic E-state index is -1.21. The Morgan fingerprint density at radius 3 is 2.83 bits per heavy atom. The van der Waals surface area contributed by atoms with Crippen molar-refractivity contribution < 1.29 is 14.3 Å². The van der Waals surface area contributed by atoms with Crippen LogP contribution in [0.2, 0.25) is 0 Å². The van der Waals surface area contributed by atoms with Crippen LogP contribution in [0.3, 0.4) is 0 Å². The molecule has 98 valence electrons. The summed E-state index contributed by atoms with van der Waals surface area (Å²) in [6.07, 6.45) is 3.48. The van der Waals surface area contributed by atoms with E-state index in [2.05, 4.69) is 5.32 Å². The first-order valence-corrected chi connectivity index (χ1v) is 6.07. The average molecular weight is 252 g/mol. The molecule has 1 atom stereocenters. The maximum Gasteiger partial charge on any atom is 0.340 e. The van der Waals surface area contributed by atoms with Crippen molar-refractivity contribution in [3.63, 3.8) is 0 Å². The van der Waals surface area contributed by atoms with Crippen LogP contribution >= 0.6 is 0 Å². The number of hydrogen-bond acceptors (Lipinski definition) is 3. The number of hydrogen-bond donors (Lipinski definition) is 3. The van der Waals surface area contributed by atoms with Gasteiger partial charge < -0.3 is 16.2 Å². The lowest BCUT2D eigenvalue weighted by atomic mass is 10.1. The number of nitrogens with two attached hydrogens (primary N) is 1. The molecule has 18 heavy (non-hydrogen) atoms. The van der Waals surface area contributed by atoms with Crippen LogP contribution in [0, 0.1) is 11.7 Å². The van der Waals surface area contributed by atoms with Crippen molar-refractivity contribution in [2.45, 2.75) is 32.2 Å². The highest BCUT2D eigenvalue weighted by molar-refractivity contribution is 6.00. The number of halogens is 1. The second kappa shape index (κ2) is 4.84. The van der Waals surface area contributed by atoms with Crippen molar-refractivity contribution in [1.82, 2.24) is 0 Å². The summed E-state index contributed by atoms with van der Waals surface area (Å²) >= 11 is 0. The molecule has 5 heteroatoms. The molecule has 0 radical (unpaired) electrons. The highest BCUT2D eigenvalue weighted by Crippen LogP contribution is 2.34. The molecular formula is C13H17FN2O2. The third-order valence-electron chi connectivity index (χ3n) is 3.19. The molecule has 0 aromatic heterocycles. The van der Waals surface area contributed by atoms with Gasteiger partial charge in [0.05, 0.1) is 11.4 Å². The summed E-state index contributed by atoms with van der Waals surface area (Å²) in [6, 6.07) is 2.77. The van der Waals surface area contributed by atoms with E-state index in [-0.39, 0.29) is 17.3 Å². The van der Waals surface area contributed by atoms with Gasteiger partial charge in [-0.15, -0.1) is 0 Å². The van der Waals surface area contributed by atoms with Gasteiger partial charge >= 0.3 is 5.97 Å². The van der Waals surface area contributed by atoms with Crippen LogP contribution in [0.25, 0.3) is 0 Å². The van der Waals surface area contributed by atoms with E-state index in [0.29, 0.717) is 5.69 Å². The van der Waals surface area contributed by atoms with E-state index in [1.165, 1.54) is 25.0 Å². The average Bonchev–Trinajstić information content (AvgIpc) is 3.07. The lowest BCUT2D eigenvalue weighted by Crippen LogP contribution is -2.19. The zero-order valence-electron chi connectivity index (χ0n) is 10.2. The summed E-state index contributed by atoms with van der Waals surface area (Å²) in [5.41, 5.74) is 5.37. The third kappa shape index (κ3) is 2.72. The van der Waals surface area contributed by atoms with Crippen LogP contribution in [-0.2, 0) is 0 Å². The lowest BCUT2D eigenvalue weighted by molar-refractivity contribution is 0.0698. The molecular weight excluding hydrogens is 235 g/mol. The summed E-state index contributed by atoms with van der Waals surface area (Å²) in [6.45, 7) is 1.99. The normalized spacial score (nSPS) is 16.3. The van der Waals surface area contributed by atoms with Crippen molar-refractivity contribution in [2.24, 2.45) is 5.92 Å². The molecule has 0 bridgehead atoms. The van der Waals surface area contributed by atoms with Gasteiger partial charge in [-0.25, -0.2) is 9.18 Å². The summed E-state index contributed by atoms with van der Waals surface area (Å²) in [5, 5.41) is 12.2. The van der Waals surface area contributed by atoms with E-state index >= 15 is 0 Å². The van der Waals surface area contributed by atoms with Gasteiger partial charge in [0.2, 0.25) is 0 Å². The minimum absolute atomic E-state index is 0.153. The van der Waals surface area contributed by atoms with Gasteiger partial charge in [-0.05, 0) is 31.4 Å². The summed E-state index contributed by atoms with van der Waals surface area (Å²) in [7, 11) is 0. The Hall–Kier alpha value is -1.78. The highest BCUT2D eigenvalue weighted by Gasteiger charge is 2.25. The van der Waals surface area contributed by atoms with Gasteiger partial charge in [0, 0.05) is 6.04 Å². The Morgan fingerprint density at radius 2 is 2.28 bits per heavy atom. The van der Waals surface area contributed by atoms with Gasteiger partial charge in [0.15, 0.2) is 0 Å². The zero-order chi connectivity index (χ0) is 13.3. The van der Waals surface area contributed by atoms with Crippen molar-refractivity contribution in [3.05, 3.63) is 23.5 Å². The molecule has 4 N–H and O–H groups in total. The van der Waals surface area contributed by atoms with Crippen LogP contribution in [0.5, 0.6) is 0 Å². The number of rotatable bonds is 5. The Balaban J connectivity index is 2.20. The smallest absolute Gasteiger partial charge is 0.340 e. The molecule has 0 heterocycles. The molecule has 1 aromatic rings. The highest BCUT2D eigenvalue weighted by atomic mass is 19.1. The van der Waals surface area contributed by atoms with Crippen LogP contribution in [0.4, 0.5) is 15.8 Å². The first kappa shape index (κ1) is 12.7. The first-order chi connectivity index (χ1) is 8.49. The fourth-order valence-electron chi connectivity index (χ4n) is 2.12. The number of anilines is 2. The van der Waals surface area contributed by atoms with E-state index in [9.17, 15) is 9.18 Å². The maximum absolute atomic E-state index is 13.3. The lowest BCUT2D eigenvalue weighted by Gasteiger charge is -2.17. The molecule has 0 spiro atoms. The fourth-order valence-corrected chi connectivity index (χ4v) is 2.12. The number of carbonyl (C=O) groups is 1. The predicted octanol–water partition coefficient (Wildman–Crippen LogP) is 2.71. The Morgan fingerprint density at radius 1 is 1.61 bits per heavy atom. The van der Waals surface area contributed by atoms with E-state index in [1.54, 1.807) is 0 Å². The van der Waals surface area contributed by atoms with Crippen molar-refractivity contribution >= 4 is 17.3 Å². The standard InChI is InChI=1S/C13H17FN2O2/c1-7(6-8-2-3-8)16-10-5-4-9(14)12(15)11(10)13(17)18/h4-5,7-8,16H,2-3,6,15H2,1H3,(H,17,18). The monoisotopic (exact) mass is 252 g/mol. The summed E-state index contributed by atoms with van der Waals surface area (Å²) in [5.74, 6) is -1.18. The minimum Gasteiger partial charge on any atom is -0.478 e. The first-order valence-electron chi connectivity index (χ1n) is 6.07. The van der Waals surface area contributed by atoms with Gasteiger partial charge in [-0.1, -0.05) is 12.8 Å². The zero-order valence-corrected chi connectivity index (χ0v) is 10.2. The number of carboxylic acids is 1. The molecule has 1 aliphatic carbocycles. The molecule has 1 fully saturated rings. The molecule has 2 rings (SSSR count). The van der Waals surface area contributed by atoms with Gasteiger partial charge in [0.25, 0.3) is 0 Å². The molecule has 0 saturated heterocycles. The second-order valence-corrected chi connectivity index (χ2v) is 4.91. The fraction of sp³-hybridized carbons (Fsp3) is 0.462. The Bertz CT molecular complexity index is 472. The van der Waals surface area contributed by atoms with Gasteiger partial charge in [0.1, 0.15) is 11.4 Å². The van der Waals surface area contributed by atoms with E-state index in [1.807, 2.05) is 6.92 Å². The molecule has 1 aliphatic rings. The van der Waals surface area contributed by atoms with Crippen molar-refractivity contribution in [3.8, 4) is 0 Å². The van der Waals surface area contributed by atoms with Crippen molar-refractivity contribution in [1.29, 1.82) is 0 Å². The third-order valence-corrected chi connectivity index (χ3v) is 3.19. The van der Waals surface area contributed by atoms with Crippen LogP contribution in [-0.4, -0.2) is 17.1 Å². The van der Waals surface area contributed by atoms with E-state index < -0.39 is 11.8 Å². The molecule has 1 saturated carbocycles. The quantitative estimate of drug-likeness (QED) is 0.704. The molecule has 1 unspecified atom stereocenters.